The summed E-state index contributed by atoms with van der Waals surface area (Å²) >= 11 is 0. The number of ether oxygens (including phenoxy) is 1. The van der Waals surface area contributed by atoms with Gasteiger partial charge in [-0.2, -0.15) is 0 Å². The summed E-state index contributed by atoms with van der Waals surface area (Å²) in [4.78, 5) is 39.8. The number of carbonyl (C=O) groups is 3. The number of imide groups is 1. The molecule has 8 N–H and O–H groups in total. The molecule has 3 aliphatic rings. The van der Waals surface area contributed by atoms with Gasteiger partial charge in [0.1, 0.15) is 13.6 Å². The number of benzene rings is 2. The number of aliphatic hydroxyl groups is 1. The minimum Gasteiger partial charge on any atom is -0.508 e. The number of aromatic hydroxyl groups is 5. The molecule has 218 valence electrons. The number of hydrogen-bond donors (Lipinski definition) is 8. The van der Waals surface area contributed by atoms with Crippen LogP contribution in [-0.2, 0) is 34.0 Å². The number of morpholine rings is 1. The maximum atomic E-state index is 15.4. The molecule has 1 atom stereocenters. The van der Waals surface area contributed by atoms with Crippen molar-refractivity contribution in [3.05, 3.63) is 28.1 Å². The number of hydrogen-bond acceptors (Lipinski definition) is 12. The predicted octanol–water partition coefficient (Wildman–Crippen LogP) is -1.86. The van der Waals surface area contributed by atoms with Crippen LogP contribution >= 0.6 is 0 Å². The Bertz CT molecular complexity index is 1450. The number of phenols is 5. The molecule has 2 fully saturated rings. The van der Waals surface area contributed by atoms with E-state index in [0.717, 1.165) is 0 Å². The smallest absolute Gasteiger partial charge is 0.279 e. The van der Waals surface area contributed by atoms with E-state index in [1.165, 1.54) is 7.85 Å². The Morgan fingerprint density at radius 1 is 0.976 bits per heavy atom. The second-order valence-corrected chi connectivity index (χ2v) is 10.2. The van der Waals surface area contributed by atoms with Crippen LogP contribution in [0.1, 0.15) is 39.9 Å². The standard InChI is InChI=1S/C25H28BFN4O10/c26-15-10(16(27)19(34)12(18(15)33)8-30-3-5-41-6-4-30)7-28-17-11-9-31(25(40)2-1-13(32)29-24(25)39)23(38)14(11)20(35)22(37)21(17)36/h28,33-37,40H,1-9,26H2,(H,29,32,39). The SMILES string of the molecule is Bc1c(O)c(CN2CCOCC2)c(O)c(F)c1CNc1c(O)c(O)c(O)c2c1CN(C1(O)CCC(=O)NC1=O)C2=O. The van der Waals surface area contributed by atoms with E-state index in [4.69, 9.17) is 4.74 Å². The highest BCUT2D eigenvalue weighted by Gasteiger charge is 2.52. The van der Waals surface area contributed by atoms with Crippen LogP contribution in [0, 0.1) is 5.82 Å². The number of anilines is 1. The Labute approximate surface area is 233 Å². The summed E-state index contributed by atoms with van der Waals surface area (Å²) in [5.41, 5.74) is -3.54. The molecule has 3 heterocycles. The van der Waals surface area contributed by atoms with Crippen molar-refractivity contribution < 1.29 is 54.2 Å². The fourth-order valence-electron chi connectivity index (χ4n) is 5.39. The van der Waals surface area contributed by atoms with Gasteiger partial charge in [-0.05, 0) is 5.46 Å². The quantitative estimate of drug-likeness (QED) is 0.0826. The van der Waals surface area contributed by atoms with Crippen molar-refractivity contribution in [1.82, 2.24) is 15.1 Å². The molecule has 16 heteroatoms. The average molecular weight is 574 g/mol. The second kappa shape index (κ2) is 10.3. The first-order chi connectivity index (χ1) is 19.4. The summed E-state index contributed by atoms with van der Waals surface area (Å²) in [6, 6.07) is 0. The van der Waals surface area contributed by atoms with Crippen molar-refractivity contribution in [1.29, 1.82) is 0 Å². The molecule has 3 amide bonds. The lowest BCUT2D eigenvalue weighted by molar-refractivity contribution is -0.167. The third kappa shape index (κ3) is 4.53. The van der Waals surface area contributed by atoms with Crippen LogP contribution in [0.2, 0.25) is 0 Å². The molecule has 0 saturated carbocycles. The van der Waals surface area contributed by atoms with Gasteiger partial charge >= 0.3 is 0 Å². The number of nitrogens with zero attached hydrogens (tertiary/aromatic N) is 2. The highest BCUT2D eigenvalue weighted by molar-refractivity contribution is 6.35. The maximum absolute atomic E-state index is 15.4. The second-order valence-electron chi connectivity index (χ2n) is 10.2. The molecular formula is C25H28BFN4O10. The van der Waals surface area contributed by atoms with Crippen molar-refractivity contribution in [3.8, 4) is 28.7 Å². The first-order valence-electron chi connectivity index (χ1n) is 12.8. The van der Waals surface area contributed by atoms with Gasteiger partial charge in [-0.1, -0.05) is 0 Å². The number of halogens is 1. The highest BCUT2D eigenvalue weighted by atomic mass is 19.1. The summed E-state index contributed by atoms with van der Waals surface area (Å²) < 4.78 is 20.7. The number of amides is 3. The van der Waals surface area contributed by atoms with Gasteiger partial charge in [0.05, 0.1) is 36.6 Å². The van der Waals surface area contributed by atoms with E-state index in [9.17, 15) is 45.0 Å². The third-order valence-electron chi connectivity index (χ3n) is 7.84. The Morgan fingerprint density at radius 2 is 1.66 bits per heavy atom. The van der Waals surface area contributed by atoms with Crippen molar-refractivity contribution in [2.45, 2.75) is 38.2 Å². The molecule has 0 spiro atoms. The van der Waals surface area contributed by atoms with Crippen LogP contribution in [0.25, 0.3) is 0 Å². The summed E-state index contributed by atoms with van der Waals surface area (Å²) in [7, 11) is 1.43. The number of carbonyl (C=O) groups excluding carboxylic acids is 3. The van der Waals surface area contributed by atoms with Gasteiger partial charge in [-0.3, -0.25) is 29.5 Å². The molecule has 2 saturated heterocycles. The molecule has 41 heavy (non-hydrogen) atoms. The fourth-order valence-corrected chi connectivity index (χ4v) is 5.39. The van der Waals surface area contributed by atoms with E-state index in [2.05, 4.69) is 5.32 Å². The number of piperidine rings is 1. The first kappa shape index (κ1) is 28.3. The van der Waals surface area contributed by atoms with Crippen LogP contribution in [0.3, 0.4) is 0 Å². The zero-order valence-corrected chi connectivity index (χ0v) is 22.0. The number of phenolic OH excluding ortho intramolecular Hbond substituents is 5. The van der Waals surface area contributed by atoms with Gasteiger partial charge < -0.3 is 40.7 Å². The van der Waals surface area contributed by atoms with Crippen molar-refractivity contribution in [2.75, 3.05) is 31.6 Å². The number of nitrogens with one attached hydrogen (secondary N) is 2. The monoisotopic (exact) mass is 574 g/mol. The zero-order chi connectivity index (χ0) is 29.8. The fraction of sp³-hybridized carbons (Fsp3) is 0.400. The van der Waals surface area contributed by atoms with E-state index in [1.807, 2.05) is 10.2 Å². The molecule has 2 aromatic carbocycles. The molecule has 0 bridgehead atoms. The molecular weight excluding hydrogens is 546 g/mol. The maximum Gasteiger partial charge on any atom is 0.279 e. The molecule has 2 aromatic rings. The lowest BCUT2D eigenvalue weighted by atomic mass is 9.86. The molecule has 5 rings (SSSR count). The Hall–Kier alpha value is -4.28. The van der Waals surface area contributed by atoms with Gasteiger partial charge in [0, 0.05) is 50.1 Å². The topological polar surface area (TPSA) is 212 Å². The highest BCUT2D eigenvalue weighted by Crippen LogP contribution is 2.51. The van der Waals surface area contributed by atoms with Crippen molar-refractivity contribution >= 4 is 36.7 Å². The summed E-state index contributed by atoms with van der Waals surface area (Å²) in [6.45, 7) is 1.05. The Kier molecular flexibility index (Phi) is 7.09. The van der Waals surface area contributed by atoms with Gasteiger partial charge in [-0.15, -0.1) is 0 Å². The first-order valence-corrected chi connectivity index (χ1v) is 12.8. The van der Waals surface area contributed by atoms with Gasteiger partial charge in [0.25, 0.3) is 11.8 Å². The van der Waals surface area contributed by atoms with Crippen molar-refractivity contribution in [3.63, 3.8) is 0 Å². The third-order valence-corrected chi connectivity index (χ3v) is 7.84. The van der Waals surface area contributed by atoms with E-state index < -0.39 is 77.3 Å². The van der Waals surface area contributed by atoms with E-state index in [0.29, 0.717) is 31.2 Å². The lowest BCUT2D eigenvalue weighted by Gasteiger charge is -2.37. The lowest BCUT2D eigenvalue weighted by Crippen LogP contribution is -2.63. The van der Waals surface area contributed by atoms with Crippen LogP contribution in [-0.4, -0.2) is 98.0 Å². The normalized spacial score (nSPS) is 21.2. The Balaban J connectivity index is 1.47. The average Bonchev–Trinajstić information content (AvgIpc) is 3.30. The summed E-state index contributed by atoms with van der Waals surface area (Å²) in [5.74, 6) is -7.99. The van der Waals surface area contributed by atoms with Gasteiger partial charge in [0.2, 0.25) is 17.4 Å². The predicted molar refractivity (Wildman–Crippen MR) is 140 cm³/mol. The van der Waals surface area contributed by atoms with Crippen LogP contribution in [0.15, 0.2) is 0 Å². The van der Waals surface area contributed by atoms with Crippen LogP contribution in [0.5, 0.6) is 28.7 Å². The molecule has 1 unspecified atom stereocenters. The van der Waals surface area contributed by atoms with Gasteiger partial charge in [-0.25, -0.2) is 4.39 Å². The van der Waals surface area contributed by atoms with E-state index in [1.54, 1.807) is 0 Å². The van der Waals surface area contributed by atoms with Crippen LogP contribution < -0.4 is 16.1 Å². The Morgan fingerprint density at radius 3 is 2.32 bits per heavy atom. The van der Waals surface area contributed by atoms with Gasteiger partial charge in [0.15, 0.2) is 23.1 Å². The van der Waals surface area contributed by atoms with Crippen LogP contribution in [0.4, 0.5) is 10.1 Å². The summed E-state index contributed by atoms with van der Waals surface area (Å²) in [6.07, 6.45) is -0.707. The molecule has 0 radical (unpaired) electrons. The largest absolute Gasteiger partial charge is 0.508 e. The van der Waals surface area contributed by atoms with E-state index >= 15 is 4.39 Å². The van der Waals surface area contributed by atoms with E-state index in [-0.39, 0.29) is 46.6 Å². The minimum atomic E-state index is -2.46. The molecule has 14 nitrogen and oxygen atoms in total. The number of fused-ring (bicyclic) bond motifs is 1. The number of rotatable bonds is 6. The molecule has 3 aliphatic heterocycles. The zero-order valence-electron chi connectivity index (χ0n) is 22.0. The molecule has 0 aliphatic carbocycles. The summed E-state index contributed by atoms with van der Waals surface area (Å²) in [5, 5.41) is 68.5. The molecule has 0 aromatic heterocycles. The van der Waals surface area contributed by atoms with Crippen molar-refractivity contribution in [2.24, 2.45) is 0 Å². The minimum absolute atomic E-state index is 0.00427.